The third-order valence-electron chi connectivity index (χ3n) is 5.85. The number of pyridine rings is 1. The van der Waals surface area contributed by atoms with Crippen LogP contribution in [0, 0.1) is 12.7 Å². The maximum absolute atomic E-state index is 15.3. The van der Waals surface area contributed by atoms with E-state index in [4.69, 9.17) is 10.5 Å². The van der Waals surface area contributed by atoms with E-state index in [9.17, 15) is 4.79 Å². The molecular weight excluding hydrogens is 449 g/mol. The molecule has 3 heterocycles. The molecule has 0 atom stereocenters. The number of benzene rings is 2. The number of nitrogens with zero attached hydrogens (tertiary/aromatic N) is 3. The molecule has 2 aromatic heterocycles. The number of anilines is 4. The minimum absolute atomic E-state index is 0.0206. The molecular formula is C25H24FN7O2. The smallest absolute Gasteiger partial charge is 0.237 e. The summed E-state index contributed by atoms with van der Waals surface area (Å²) in [4.78, 5) is 24.3. The zero-order chi connectivity index (χ0) is 24.5. The molecule has 0 spiro atoms. The number of fused-ring (bicyclic) bond motifs is 2. The van der Waals surface area contributed by atoms with E-state index in [0.717, 1.165) is 22.5 Å². The van der Waals surface area contributed by atoms with Crippen molar-refractivity contribution >= 4 is 39.8 Å². The highest BCUT2D eigenvalue weighted by Crippen LogP contribution is 2.39. The highest BCUT2D eigenvalue weighted by atomic mass is 19.1. The van der Waals surface area contributed by atoms with Crippen LogP contribution in [0.2, 0.25) is 0 Å². The Morgan fingerprint density at radius 3 is 2.77 bits per heavy atom. The van der Waals surface area contributed by atoms with Crippen molar-refractivity contribution in [3.05, 3.63) is 59.7 Å². The van der Waals surface area contributed by atoms with Gasteiger partial charge in [0.05, 0.1) is 11.2 Å². The summed E-state index contributed by atoms with van der Waals surface area (Å²) in [6.45, 7) is 5.00. The van der Waals surface area contributed by atoms with E-state index in [0.29, 0.717) is 53.6 Å². The first-order chi connectivity index (χ1) is 16.9. The Balaban J connectivity index is 1.48. The fourth-order valence-corrected chi connectivity index (χ4v) is 3.99. The van der Waals surface area contributed by atoms with Gasteiger partial charge in [-0.25, -0.2) is 19.3 Å². The van der Waals surface area contributed by atoms with Gasteiger partial charge in [-0.3, -0.25) is 4.79 Å². The van der Waals surface area contributed by atoms with Crippen molar-refractivity contribution in [2.75, 3.05) is 29.5 Å². The Morgan fingerprint density at radius 1 is 1.20 bits per heavy atom. The van der Waals surface area contributed by atoms with E-state index in [1.54, 1.807) is 12.3 Å². The fraction of sp³-hybridized carbons (Fsp3) is 0.200. The molecule has 5 rings (SSSR count). The normalized spacial score (nSPS) is 12.4. The second-order valence-electron chi connectivity index (χ2n) is 8.26. The molecule has 0 unspecified atom stereocenters. The van der Waals surface area contributed by atoms with E-state index in [1.165, 1.54) is 13.1 Å². The Labute approximate surface area is 201 Å². The summed E-state index contributed by atoms with van der Waals surface area (Å²) in [5, 5.41) is 9.60. The van der Waals surface area contributed by atoms with Gasteiger partial charge in [-0.05, 0) is 36.2 Å². The molecule has 1 aliphatic heterocycles. The number of amides is 1. The Morgan fingerprint density at radius 2 is 2.00 bits per heavy atom. The van der Waals surface area contributed by atoms with Crippen LogP contribution in [-0.2, 0) is 11.3 Å². The number of halogens is 1. The first kappa shape index (κ1) is 22.3. The lowest BCUT2D eigenvalue weighted by Gasteiger charge is -2.22. The molecule has 0 aliphatic carbocycles. The Kier molecular flexibility index (Phi) is 5.77. The first-order valence-corrected chi connectivity index (χ1v) is 11.1. The fourth-order valence-electron chi connectivity index (χ4n) is 3.99. The Hall–Kier alpha value is -4.47. The van der Waals surface area contributed by atoms with Gasteiger partial charge in [0.25, 0.3) is 0 Å². The lowest BCUT2D eigenvalue weighted by Crippen LogP contribution is -2.20. The van der Waals surface area contributed by atoms with Gasteiger partial charge in [0.1, 0.15) is 12.3 Å². The van der Waals surface area contributed by atoms with Crippen molar-refractivity contribution in [1.82, 2.24) is 20.3 Å². The van der Waals surface area contributed by atoms with E-state index >= 15 is 4.39 Å². The van der Waals surface area contributed by atoms with Gasteiger partial charge in [-0.1, -0.05) is 12.1 Å². The number of rotatable bonds is 5. The summed E-state index contributed by atoms with van der Waals surface area (Å²) < 4.78 is 20.9. The molecule has 0 saturated heterocycles. The van der Waals surface area contributed by atoms with Gasteiger partial charge in [-0.2, -0.15) is 0 Å². The molecule has 9 nitrogen and oxygen atoms in total. The van der Waals surface area contributed by atoms with Gasteiger partial charge in [0.2, 0.25) is 17.7 Å². The van der Waals surface area contributed by atoms with Crippen molar-refractivity contribution in [2.45, 2.75) is 20.4 Å². The molecule has 5 N–H and O–H groups in total. The molecule has 10 heteroatoms. The number of hydrogen-bond donors (Lipinski definition) is 4. The summed E-state index contributed by atoms with van der Waals surface area (Å²) in [5.74, 6) is 0.221. The quantitative estimate of drug-likeness (QED) is 0.322. The topological polar surface area (TPSA) is 127 Å². The number of hydrogen-bond acceptors (Lipinski definition) is 8. The second kappa shape index (κ2) is 9.05. The molecule has 1 aliphatic rings. The predicted molar refractivity (Wildman–Crippen MR) is 133 cm³/mol. The van der Waals surface area contributed by atoms with Crippen molar-refractivity contribution in [3.63, 3.8) is 0 Å². The zero-order valence-electron chi connectivity index (χ0n) is 19.3. The number of nitrogens with one attached hydrogen (secondary N) is 3. The molecule has 0 saturated carbocycles. The van der Waals surface area contributed by atoms with Gasteiger partial charge >= 0.3 is 0 Å². The molecule has 178 valence electrons. The van der Waals surface area contributed by atoms with Crippen LogP contribution in [0.15, 0.2) is 42.7 Å². The van der Waals surface area contributed by atoms with Crippen LogP contribution in [-0.4, -0.2) is 34.0 Å². The predicted octanol–water partition coefficient (Wildman–Crippen LogP) is 3.91. The summed E-state index contributed by atoms with van der Waals surface area (Å²) in [6.07, 6.45) is 3.10. The largest absolute Gasteiger partial charge is 0.474 e. The molecule has 2 aromatic carbocycles. The standard InChI is InChI=1S/C25H24FN7O2/c1-13-18(11-30-24-23(13)28-7-8-35-24)17-9-20-19(22(27)21(17)26)12-31-25(33-20)32-16-5-3-15(4-6-16)10-29-14(2)34/h3-6,9,11-12,28H,7-8,10,27H2,1-2H3,(H,29,34)(H,31,32,33). The summed E-state index contributed by atoms with van der Waals surface area (Å²) in [6, 6.07) is 9.19. The minimum Gasteiger partial charge on any atom is -0.474 e. The number of nitrogen functional groups attached to an aromatic ring is 1. The number of carbonyl (C=O) groups is 1. The van der Waals surface area contributed by atoms with Crippen LogP contribution in [0.25, 0.3) is 22.0 Å². The van der Waals surface area contributed by atoms with Crippen LogP contribution < -0.4 is 26.4 Å². The van der Waals surface area contributed by atoms with Gasteiger partial charge < -0.3 is 26.4 Å². The zero-order valence-corrected chi connectivity index (χ0v) is 19.3. The van der Waals surface area contributed by atoms with Gasteiger partial charge in [-0.15, -0.1) is 0 Å². The summed E-state index contributed by atoms with van der Waals surface area (Å²) >= 11 is 0. The average molecular weight is 474 g/mol. The Bertz CT molecular complexity index is 1440. The highest BCUT2D eigenvalue weighted by Gasteiger charge is 2.21. The van der Waals surface area contributed by atoms with Crippen molar-refractivity contribution < 1.29 is 13.9 Å². The summed E-state index contributed by atoms with van der Waals surface area (Å²) in [5.41, 5.74) is 10.8. The molecule has 1 amide bonds. The highest BCUT2D eigenvalue weighted by molar-refractivity contribution is 5.96. The first-order valence-electron chi connectivity index (χ1n) is 11.1. The maximum Gasteiger partial charge on any atom is 0.237 e. The van der Waals surface area contributed by atoms with Crippen LogP contribution in [0.4, 0.5) is 27.4 Å². The van der Waals surface area contributed by atoms with Crippen molar-refractivity contribution in [3.8, 4) is 17.0 Å². The van der Waals surface area contributed by atoms with Crippen molar-refractivity contribution in [1.29, 1.82) is 0 Å². The number of aromatic nitrogens is 3. The van der Waals surface area contributed by atoms with E-state index in [1.807, 2.05) is 31.2 Å². The van der Waals surface area contributed by atoms with Crippen LogP contribution in [0.1, 0.15) is 18.1 Å². The monoisotopic (exact) mass is 473 g/mol. The number of ether oxygens (including phenoxy) is 1. The third-order valence-corrected chi connectivity index (χ3v) is 5.85. The summed E-state index contributed by atoms with van der Waals surface area (Å²) in [7, 11) is 0. The molecule has 35 heavy (non-hydrogen) atoms. The van der Waals surface area contributed by atoms with Crippen LogP contribution in [0.5, 0.6) is 5.88 Å². The lowest BCUT2D eigenvalue weighted by molar-refractivity contribution is -0.119. The maximum atomic E-state index is 15.3. The SMILES string of the molecule is CC(=O)NCc1ccc(Nc2ncc3c(N)c(F)c(-c4cnc5c(c4C)NCCO5)cc3n2)cc1. The van der Waals surface area contributed by atoms with Gasteiger partial charge in [0.15, 0.2) is 5.82 Å². The number of nitrogens with two attached hydrogens (primary N) is 1. The molecule has 0 radical (unpaired) electrons. The van der Waals surface area contributed by atoms with Gasteiger partial charge in [0, 0.05) is 54.6 Å². The second-order valence-corrected chi connectivity index (χ2v) is 8.26. The van der Waals surface area contributed by atoms with E-state index < -0.39 is 5.82 Å². The number of carbonyl (C=O) groups excluding carboxylic acids is 1. The van der Waals surface area contributed by atoms with Crippen LogP contribution >= 0.6 is 0 Å². The van der Waals surface area contributed by atoms with E-state index in [-0.39, 0.29) is 11.6 Å². The van der Waals surface area contributed by atoms with Crippen molar-refractivity contribution in [2.24, 2.45) is 0 Å². The van der Waals surface area contributed by atoms with E-state index in [2.05, 4.69) is 30.9 Å². The molecule has 4 aromatic rings. The molecule has 0 bridgehead atoms. The molecule has 0 fully saturated rings. The lowest BCUT2D eigenvalue weighted by atomic mass is 9.98. The van der Waals surface area contributed by atoms with Crippen LogP contribution in [0.3, 0.4) is 0 Å². The third kappa shape index (κ3) is 4.37. The minimum atomic E-state index is -0.543. The average Bonchev–Trinajstić information content (AvgIpc) is 2.86.